The first-order valence-electron chi connectivity index (χ1n) is 10.7. The van der Waals surface area contributed by atoms with E-state index in [0.29, 0.717) is 33.5 Å². The molecule has 2 atom stereocenters. The fraction of sp³-hybridized carbons (Fsp3) is 0.375. The van der Waals surface area contributed by atoms with Gasteiger partial charge >= 0.3 is 5.97 Å². The van der Waals surface area contributed by atoms with Crippen molar-refractivity contribution in [2.24, 2.45) is 0 Å². The third-order valence-corrected chi connectivity index (χ3v) is 6.85. The zero-order valence-corrected chi connectivity index (χ0v) is 19.8. The van der Waals surface area contributed by atoms with Gasteiger partial charge in [-0.3, -0.25) is 4.31 Å². The molecule has 3 aromatic rings. The van der Waals surface area contributed by atoms with Gasteiger partial charge in [0.1, 0.15) is 16.9 Å². The van der Waals surface area contributed by atoms with Crippen LogP contribution >= 0.6 is 0 Å². The van der Waals surface area contributed by atoms with Gasteiger partial charge in [0, 0.05) is 22.6 Å². The van der Waals surface area contributed by atoms with Crippen molar-refractivity contribution in [2.45, 2.75) is 33.0 Å². The number of benzene rings is 2. The SMILES string of the molecule is CCOC(=O)c1c(-c2ccc(C)cc2)oc2cc3c(cc12)C(C)OC(CO)CN3S(C)(=O)=O. The molecule has 1 aliphatic rings. The monoisotopic (exact) mass is 473 g/mol. The first-order chi connectivity index (χ1) is 15.6. The summed E-state index contributed by atoms with van der Waals surface area (Å²) in [6.45, 7) is 5.31. The maximum Gasteiger partial charge on any atom is 0.342 e. The summed E-state index contributed by atoms with van der Waals surface area (Å²) in [5.74, 6) is -0.168. The molecule has 1 N–H and O–H groups in total. The van der Waals surface area contributed by atoms with Crippen LogP contribution in [0.2, 0.25) is 0 Å². The molecule has 0 amide bonds. The molecular weight excluding hydrogens is 446 g/mol. The quantitative estimate of drug-likeness (QED) is 0.562. The molecule has 8 nitrogen and oxygen atoms in total. The summed E-state index contributed by atoms with van der Waals surface area (Å²) in [4.78, 5) is 13.0. The number of aryl methyl sites for hydroxylation is 1. The Kier molecular flexibility index (Phi) is 6.22. The Morgan fingerprint density at radius 2 is 1.94 bits per heavy atom. The van der Waals surface area contributed by atoms with E-state index in [0.717, 1.165) is 11.8 Å². The summed E-state index contributed by atoms with van der Waals surface area (Å²) >= 11 is 0. The number of anilines is 1. The second-order valence-electron chi connectivity index (χ2n) is 8.18. The van der Waals surface area contributed by atoms with Crippen molar-refractivity contribution < 1.29 is 32.2 Å². The topological polar surface area (TPSA) is 106 Å². The predicted molar refractivity (Wildman–Crippen MR) is 125 cm³/mol. The number of nitrogens with zero attached hydrogens (tertiary/aromatic N) is 1. The molecule has 1 aliphatic heterocycles. The number of aliphatic hydroxyl groups is 1. The van der Waals surface area contributed by atoms with Gasteiger partial charge in [-0.25, -0.2) is 13.2 Å². The Morgan fingerprint density at radius 1 is 1.24 bits per heavy atom. The number of sulfonamides is 1. The average Bonchev–Trinajstić information content (AvgIpc) is 3.06. The first kappa shape index (κ1) is 23.3. The van der Waals surface area contributed by atoms with Crippen LogP contribution in [0.1, 0.15) is 41.4 Å². The maximum absolute atomic E-state index is 13.0. The summed E-state index contributed by atoms with van der Waals surface area (Å²) < 4.78 is 43.8. The molecule has 9 heteroatoms. The van der Waals surface area contributed by atoms with Crippen molar-refractivity contribution in [1.82, 2.24) is 0 Å². The highest BCUT2D eigenvalue weighted by molar-refractivity contribution is 7.92. The number of esters is 1. The molecule has 176 valence electrons. The summed E-state index contributed by atoms with van der Waals surface area (Å²) in [6, 6.07) is 10.9. The van der Waals surface area contributed by atoms with Crippen LogP contribution in [0.25, 0.3) is 22.3 Å². The number of ether oxygens (including phenoxy) is 2. The van der Waals surface area contributed by atoms with Crippen LogP contribution in [-0.2, 0) is 19.5 Å². The van der Waals surface area contributed by atoms with Crippen LogP contribution in [0.15, 0.2) is 40.8 Å². The largest absolute Gasteiger partial charge is 0.462 e. The normalized spacial score (nSPS) is 18.8. The molecule has 0 aliphatic carbocycles. The number of carbonyl (C=O) groups excluding carboxylic acids is 1. The van der Waals surface area contributed by atoms with Gasteiger partial charge in [0.15, 0.2) is 0 Å². The van der Waals surface area contributed by atoms with Gasteiger partial charge in [0.05, 0.1) is 43.9 Å². The van der Waals surface area contributed by atoms with Crippen molar-refractivity contribution in [1.29, 1.82) is 0 Å². The van der Waals surface area contributed by atoms with Crippen molar-refractivity contribution in [3.8, 4) is 11.3 Å². The Morgan fingerprint density at radius 3 is 2.55 bits per heavy atom. The van der Waals surface area contributed by atoms with Crippen LogP contribution in [0, 0.1) is 6.92 Å². The average molecular weight is 474 g/mol. The summed E-state index contributed by atoms with van der Waals surface area (Å²) in [5.41, 5.74) is 3.38. The fourth-order valence-corrected chi connectivity index (χ4v) is 5.06. The first-order valence-corrected chi connectivity index (χ1v) is 12.6. The molecule has 0 saturated carbocycles. The summed E-state index contributed by atoms with van der Waals surface area (Å²) in [7, 11) is -3.67. The molecule has 4 rings (SSSR count). The molecule has 2 aromatic carbocycles. The van der Waals surface area contributed by atoms with Gasteiger partial charge in [0.2, 0.25) is 10.0 Å². The van der Waals surface area contributed by atoms with Gasteiger partial charge in [-0.15, -0.1) is 0 Å². The zero-order chi connectivity index (χ0) is 23.9. The molecule has 0 bridgehead atoms. The number of rotatable bonds is 5. The van der Waals surface area contributed by atoms with E-state index in [1.165, 1.54) is 4.31 Å². The Balaban J connectivity index is 2.00. The lowest BCUT2D eigenvalue weighted by atomic mass is 10.0. The standard InChI is InChI=1S/C24H27NO7S/c1-5-30-24(27)22-19-10-18-15(3)31-17(13-26)12-25(33(4,28)29)20(18)11-21(19)32-23(22)16-8-6-14(2)7-9-16/h6-11,15,17,26H,5,12-13H2,1-4H3. The van der Waals surface area contributed by atoms with E-state index in [-0.39, 0.29) is 25.3 Å². The highest BCUT2D eigenvalue weighted by Gasteiger charge is 2.33. The van der Waals surface area contributed by atoms with E-state index in [2.05, 4.69) is 0 Å². The van der Waals surface area contributed by atoms with Crippen LogP contribution < -0.4 is 4.31 Å². The molecule has 0 spiro atoms. The highest BCUT2D eigenvalue weighted by atomic mass is 32.2. The van der Waals surface area contributed by atoms with Gasteiger partial charge in [0.25, 0.3) is 0 Å². The number of carbonyl (C=O) groups is 1. The van der Waals surface area contributed by atoms with Gasteiger partial charge in [-0.1, -0.05) is 29.8 Å². The number of hydrogen-bond acceptors (Lipinski definition) is 7. The molecular formula is C24H27NO7S. The van der Waals surface area contributed by atoms with Crippen molar-refractivity contribution in [2.75, 3.05) is 30.3 Å². The number of aliphatic hydroxyl groups excluding tert-OH is 1. The minimum atomic E-state index is -3.67. The van der Waals surface area contributed by atoms with Gasteiger partial charge < -0.3 is 19.0 Å². The molecule has 2 heterocycles. The highest BCUT2D eigenvalue weighted by Crippen LogP contribution is 2.42. The number of furan rings is 1. The summed E-state index contributed by atoms with van der Waals surface area (Å²) in [5, 5.41) is 10.2. The predicted octanol–water partition coefficient (Wildman–Crippen LogP) is 3.80. The summed E-state index contributed by atoms with van der Waals surface area (Å²) in [6.07, 6.45) is -0.114. The van der Waals surface area contributed by atoms with Gasteiger partial charge in [-0.05, 0) is 26.8 Å². The van der Waals surface area contributed by atoms with Crippen LogP contribution in [0.4, 0.5) is 5.69 Å². The van der Waals surface area contributed by atoms with E-state index >= 15 is 0 Å². The van der Waals surface area contributed by atoms with Crippen molar-refractivity contribution in [3.05, 3.63) is 53.1 Å². The lowest BCUT2D eigenvalue weighted by Gasteiger charge is -2.24. The third kappa shape index (κ3) is 4.36. The van der Waals surface area contributed by atoms with E-state index in [1.807, 2.05) is 31.2 Å². The van der Waals surface area contributed by atoms with Crippen LogP contribution in [-0.4, -0.2) is 51.6 Å². The fourth-order valence-electron chi connectivity index (χ4n) is 4.11. The molecule has 0 saturated heterocycles. The van der Waals surface area contributed by atoms with Crippen molar-refractivity contribution >= 4 is 32.6 Å². The number of hydrogen-bond donors (Lipinski definition) is 1. The van der Waals surface area contributed by atoms with E-state index in [1.54, 1.807) is 26.0 Å². The minimum Gasteiger partial charge on any atom is -0.462 e. The Labute approximate surface area is 192 Å². The second-order valence-corrected chi connectivity index (χ2v) is 10.1. The molecule has 33 heavy (non-hydrogen) atoms. The van der Waals surface area contributed by atoms with Crippen molar-refractivity contribution in [3.63, 3.8) is 0 Å². The van der Waals surface area contributed by atoms with Gasteiger partial charge in [-0.2, -0.15) is 0 Å². The third-order valence-electron chi connectivity index (χ3n) is 5.71. The van der Waals surface area contributed by atoms with E-state index in [9.17, 15) is 18.3 Å². The molecule has 0 radical (unpaired) electrons. The Hall–Kier alpha value is -2.88. The number of fused-ring (bicyclic) bond motifs is 2. The molecule has 0 fully saturated rings. The zero-order valence-electron chi connectivity index (χ0n) is 19.0. The lowest BCUT2D eigenvalue weighted by molar-refractivity contribution is -0.0227. The van der Waals surface area contributed by atoms with Crippen LogP contribution in [0.5, 0.6) is 0 Å². The Bertz CT molecular complexity index is 1290. The molecule has 2 unspecified atom stereocenters. The van der Waals surface area contributed by atoms with E-state index in [4.69, 9.17) is 13.9 Å². The lowest BCUT2D eigenvalue weighted by Crippen LogP contribution is -2.38. The second kappa shape index (κ2) is 8.81. The smallest absolute Gasteiger partial charge is 0.342 e. The minimum absolute atomic E-state index is 0.0333. The maximum atomic E-state index is 13.0. The van der Waals surface area contributed by atoms with E-state index < -0.39 is 28.2 Å². The molecule has 1 aromatic heterocycles. The van der Waals surface area contributed by atoms with Crippen LogP contribution in [0.3, 0.4) is 0 Å².